The average Bonchev–Trinajstić information content (AvgIpc) is 2.71. The summed E-state index contributed by atoms with van der Waals surface area (Å²) in [5.74, 6) is 1.11. The zero-order valence-electron chi connectivity index (χ0n) is 16.5. The predicted molar refractivity (Wildman–Crippen MR) is 110 cm³/mol. The van der Waals surface area contributed by atoms with Crippen LogP contribution in [0.25, 0.3) is 0 Å². The number of nitrogens with one attached hydrogen (secondary N) is 3. The van der Waals surface area contributed by atoms with Crippen LogP contribution < -0.4 is 20.7 Å². The molecular weight excluding hydrogens is 354 g/mol. The smallest absolute Gasteiger partial charge is 0.315 e. The quantitative estimate of drug-likeness (QED) is 0.590. The third-order valence-corrected chi connectivity index (χ3v) is 3.95. The molecule has 0 saturated carbocycles. The maximum Gasteiger partial charge on any atom is 0.315 e. The topological polar surface area (TPSA) is 79.5 Å². The fourth-order valence-corrected chi connectivity index (χ4v) is 2.42. The van der Waals surface area contributed by atoms with Gasteiger partial charge in [-0.2, -0.15) is 0 Å². The average molecular weight is 383 g/mol. The summed E-state index contributed by atoms with van der Waals surface area (Å²) >= 11 is 0. The molecule has 2 aromatic carbocycles. The lowest BCUT2D eigenvalue weighted by Gasteiger charge is -2.10. The number of amides is 3. The van der Waals surface area contributed by atoms with Crippen molar-refractivity contribution in [1.29, 1.82) is 0 Å². The fraction of sp³-hybridized carbons (Fsp3) is 0.364. The van der Waals surface area contributed by atoms with E-state index in [9.17, 15) is 9.59 Å². The lowest BCUT2D eigenvalue weighted by Crippen LogP contribution is -2.42. The van der Waals surface area contributed by atoms with Crippen LogP contribution in [0.4, 0.5) is 4.79 Å². The van der Waals surface area contributed by atoms with Crippen LogP contribution in [0.2, 0.25) is 0 Å². The molecular formula is C22H29N3O3. The molecule has 2 rings (SSSR count). The van der Waals surface area contributed by atoms with E-state index in [1.807, 2.05) is 54.6 Å². The monoisotopic (exact) mass is 383 g/mol. The minimum Gasteiger partial charge on any atom is -0.493 e. The van der Waals surface area contributed by atoms with Crippen molar-refractivity contribution in [2.24, 2.45) is 5.92 Å². The first-order valence-corrected chi connectivity index (χ1v) is 9.57. The maximum atomic E-state index is 11.8. The van der Waals surface area contributed by atoms with E-state index in [4.69, 9.17) is 4.74 Å². The predicted octanol–water partition coefficient (Wildman–Crippen LogP) is 2.88. The summed E-state index contributed by atoms with van der Waals surface area (Å²) in [6.45, 7) is 5.79. The zero-order chi connectivity index (χ0) is 20.2. The molecule has 150 valence electrons. The van der Waals surface area contributed by atoms with Crippen molar-refractivity contribution >= 4 is 11.9 Å². The van der Waals surface area contributed by atoms with Crippen molar-refractivity contribution < 1.29 is 14.3 Å². The van der Waals surface area contributed by atoms with Gasteiger partial charge in [-0.1, -0.05) is 56.3 Å². The lowest BCUT2D eigenvalue weighted by atomic mass is 10.1. The van der Waals surface area contributed by atoms with Crippen molar-refractivity contribution in [2.75, 3.05) is 19.7 Å². The first-order valence-electron chi connectivity index (χ1n) is 9.57. The molecule has 0 bridgehead atoms. The molecule has 0 spiro atoms. The van der Waals surface area contributed by atoms with Gasteiger partial charge in [0.1, 0.15) is 5.75 Å². The van der Waals surface area contributed by atoms with Crippen LogP contribution in [-0.2, 0) is 17.8 Å². The fourth-order valence-electron chi connectivity index (χ4n) is 2.42. The highest BCUT2D eigenvalue weighted by Crippen LogP contribution is 2.13. The molecule has 0 aliphatic rings. The molecule has 0 fully saturated rings. The van der Waals surface area contributed by atoms with E-state index in [0.717, 1.165) is 16.9 Å². The third kappa shape index (κ3) is 8.58. The van der Waals surface area contributed by atoms with E-state index in [1.54, 1.807) is 0 Å². The third-order valence-electron chi connectivity index (χ3n) is 3.95. The van der Waals surface area contributed by atoms with E-state index in [-0.39, 0.29) is 18.5 Å². The molecule has 0 radical (unpaired) electrons. The van der Waals surface area contributed by atoms with Crippen molar-refractivity contribution in [3.8, 4) is 5.75 Å². The Morgan fingerprint density at radius 2 is 1.61 bits per heavy atom. The standard InChI is InChI=1S/C22H29N3O3/c1-17(2)16-28-20-10-8-18(9-11-20)12-13-23-22(27)25-15-21(26)24-14-19-6-4-3-5-7-19/h3-11,17H,12-16H2,1-2H3,(H,24,26)(H2,23,25,27). The molecule has 6 heteroatoms. The van der Waals surface area contributed by atoms with Gasteiger partial charge in [-0.3, -0.25) is 4.79 Å². The number of rotatable bonds is 10. The van der Waals surface area contributed by atoms with Gasteiger partial charge >= 0.3 is 6.03 Å². The van der Waals surface area contributed by atoms with Crippen LogP contribution in [0.15, 0.2) is 54.6 Å². The van der Waals surface area contributed by atoms with Crippen LogP contribution in [0.1, 0.15) is 25.0 Å². The molecule has 0 heterocycles. The minimum absolute atomic E-state index is 0.0550. The highest BCUT2D eigenvalue weighted by molar-refractivity contribution is 5.83. The Morgan fingerprint density at radius 1 is 0.893 bits per heavy atom. The van der Waals surface area contributed by atoms with E-state index >= 15 is 0 Å². The van der Waals surface area contributed by atoms with Gasteiger partial charge in [0, 0.05) is 13.1 Å². The molecule has 3 N–H and O–H groups in total. The molecule has 28 heavy (non-hydrogen) atoms. The molecule has 3 amide bonds. The van der Waals surface area contributed by atoms with Crippen LogP contribution in [0.3, 0.4) is 0 Å². The number of benzene rings is 2. The second kappa shape index (κ2) is 11.6. The van der Waals surface area contributed by atoms with Crippen molar-refractivity contribution in [2.45, 2.75) is 26.8 Å². The van der Waals surface area contributed by atoms with Gasteiger partial charge in [-0.15, -0.1) is 0 Å². The Kier molecular flexibility index (Phi) is 8.85. The van der Waals surface area contributed by atoms with Gasteiger partial charge in [0.05, 0.1) is 13.2 Å². The Labute approximate surface area is 166 Å². The normalized spacial score (nSPS) is 10.4. The zero-order valence-corrected chi connectivity index (χ0v) is 16.5. The Balaban J connectivity index is 1.58. The van der Waals surface area contributed by atoms with Gasteiger partial charge in [0.25, 0.3) is 0 Å². The maximum absolute atomic E-state index is 11.8. The minimum atomic E-state index is -0.355. The Bertz CT molecular complexity index is 730. The summed E-state index contributed by atoms with van der Waals surface area (Å²) < 4.78 is 5.65. The Morgan fingerprint density at radius 3 is 2.29 bits per heavy atom. The molecule has 0 aromatic heterocycles. The highest BCUT2D eigenvalue weighted by Gasteiger charge is 2.05. The molecule has 0 aliphatic carbocycles. The molecule has 2 aromatic rings. The summed E-state index contributed by atoms with van der Waals surface area (Å²) in [4.78, 5) is 23.6. The molecule has 0 saturated heterocycles. The van der Waals surface area contributed by atoms with E-state index in [1.165, 1.54) is 0 Å². The van der Waals surface area contributed by atoms with E-state index in [2.05, 4.69) is 29.8 Å². The number of urea groups is 1. The first-order chi connectivity index (χ1) is 13.5. The van der Waals surface area contributed by atoms with Crippen molar-refractivity contribution in [1.82, 2.24) is 16.0 Å². The van der Waals surface area contributed by atoms with Crippen LogP contribution >= 0.6 is 0 Å². The lowest BCUT2D eigenvalue weighted by molar-refractivity contribution is -0.120. The summed E-state index contributed by atoms with van der Waals surface area (Å²) in [7, 11) is 0. The summed E-state index contributed by atoms with van der Waals surface area (Å²) in [6, 6.07) is 17.1. The summed E-state index contributed by atoms with van der Waals surface area (Å²) in [5.41, 5.74) is 2.12. The number of carbonyl (C=O) groups is 2. The molecule has 0 unspecified atom stereocenters. The van der Waals surface area contributed by atoms with Gasteiger partial charge in [-0.05, 0) is 35.6 Å². The molecule has 6 nitrogen and oxygen atoms in total. The van der Waals surface area contributed by atoms with E-state index < -0.39 is 0 Å². The second-order valence-corrected chi connectivity index (χ2v) is 6.97. The highest BCUT2D eigenvalue weighted by atomic mass is 16.5. The van der Waals surface area contributed by atoms with E-state index in [0.29, 0.717) is 32.0 Å². The van der Waals surface area contributed by atoms with Crippen molar-refractivity contribution in [3.05, 3.63) is 65.7 Å². The Hall–Kier alpha value is -3.02. The molecule has 0 aliphatic heterocycles. The largest absolute Gasteiger partial charge is 0.493 e. The summed E-state index contributed by atoms with van der Waals surface area (Å²) in [6.07, 6.45) is 0.706. The summed E-state index contributed by atoms with van der Waals surface area (Å²) in [5, 5.41) is 8.08. The van der Waals surface area contributed by atoms with Gasteiger partial charge in [0.2, 0.25) is 5.91 Å². The van der Waals surface area contributed by atoms with Crippen LogP contribution in [0, 0.1) is 5.92 Å². The second-order valence-electron chi connectivity index (χ2n) is 6.97. The number of hydrogen-bond acceptors (Lipinski definition) is 3. The first kappa shape index (κ1) is 21.3. The SMILES string of the molecule is CC(C)COc1ccc(CCNC(=O)NCC(=O)NCc2ccccc2)cc1. The van der Waals surface area contributed by atoms with Crippen LogP contribution in [-0.4, -0.2) is 31.6 Å². The number of hydrogen-bond donors (Lipinski definition) is 3. The molecule has 0 atom stereocenters. The number of carbonyl (C=O) groups excluding carboxylic acids is 2. The number of ether oxygens (including phenoxy) is 1. The van der Waals surface area contributed by atoms with Gasteiger partial charge in [0.15, 0.2) is 0 Å². The van der Waals surface area contributed by atoms with Gasteiger partial charge < -0.3 is 20.7 Å². The van der Waals surface area contributed by atoms with Crippen LogP contribution in [0.5, 0.6) is 5.75 Å². The van der Waals surface area contributed by atoms with Gasteiger partial charge in [-0.25, -0.2) is 4.79 Å². The van der Waals surface area contributed by atoms with Crippen molar-refractivity contribution in [3.63, 3.8) is 0 Å².